The van der Waals surface area contributed by atoms with E-state index >= 15 is 0 Å². The van der Waals surface area contributed by atoms with Gasteiger partial charge in [-0.05, 0) is 37.3 Å². The first-order valence-electron chi connectivity index (χ1n) is 5.79. The summed E-state index contributed by atoms with van der Waals surface area (Å²) >= 11 is 0. The van der Waals surface area contributed by atoms with Gasteiger partial charge in [0, 0.05) is 6.04 Å². The average molecular weight is 218 g/mol. The summed E-state index contributed by atoms with van der Waals surface area (Å²) in [5.41, 5.74) is 8.08. The van der Waals surface area contributed by atoms with Gasteiger partial charge in [-0.2, -0.15) is 0 Å². The Balaban J connectivity index is 2.00. The number of nitrogens with two attached hydrogens (primary N) is 1. The van der Waals surface area contributed by atoms with Crippen LogP contribution in [0.4, 0.5) is 0 Å². The number of rotatable bonds is 3. The Morgan fingerprint density at radius 2 is 2.12 bits per heavy atom. The first-order valence-corrected chi connectivity index (χ1v) is 5.79. The van der Waals surface area contributed by atoms with E-state index in [1.54, 1.807) is 0 Å². The van der Waals surface area contributed by atoms with Gasteiger partial charge < -0.3 is 11.1 Å². The Bertz CT molecular complexity index is 389. The maximum atomic E-state index is 11.0. The maximum Gasteiger partial charge on any atom is 0.234 e. The van der Waals surface area contributed by atoms with Crippen molar-refractivity contribution in [1.29, 1.82) is 0 Å². The minimum absolute atomic E-state index is 0.240. The fourth-order valence-corrected chi connectivity index (χ4v) is 2.28. The number of primary amides is 1. The quantitative estimate of drug-likeness (QED) is 0.795. The van der Waals surface area contributed by atoms with E-state index in [0.29, 0.717) is 6.04 Å². The first-order chi connectivity index (χ1) is 7.66. The fourth-order valence-electron chi connectivity index (χ4n) is 2.28. The monoisotopic (exact) mass is 218 g/mol. The molecule has 0 saturated carbocycles. The standard InChI is InChI=1S/C13H18N2O/c1-9(13(14)16)15-12-7-6-10-4-2-3-5-11(10)8-12/h2-5,9,12,15H,6-8H2,1H3,(H2,14,16). The molecule has 86 valence electrons. The highest BCUT2D eigenvalue weighted by atomic mass is 16.1. The van der Waals surface area contributed by atoms with E-state index < -0.39 is 0 Å². The van der Waals surface area contributed by atoms with Crippen LogP contribution in [0.1, 0.15) is 24.5 Å². The molecule has 0 fully saturated rings. The lowest BCUT2D eigenvalue weighted by molar-refractivity contribution is -0.119. The molecule has 3 N–H and O–H groups in total. The zero-order valence-corrected chi connectivity index (χ0v) is 9.57. The number of benzene rings is 1. The summed E-state index contributed by atoms with van der Waals surface area (Å²) in [6.07, 6.45) is 3.15. The normalized spacial score (nSPS) is 21.2. The summed E-state index contributed by atoms with van der Waals surface area (Å²) in [6.45, 7) is 1.82. The van der Waals surface area contributed by atoms with Gasteiger partial charge in [-0.15, -0.1) is 0 Å². The molecule has 1 aliphatic carbocycles. The van der Waals surface area contributed by atoms with Crippen LogP contribution in [-0.4, -0.2) is 18.0 Å². The van der Waals surface area contributed by atoms with Gasteiger partial charge in [-0.1, -0.05) is 24.3 Å². The number of carbonyl (C=O) groups excluding carboxylic acids is 1. The molecule has 3 nitrogen and oxygen atoms in total. The molecule has 16 heavy (non-hydrogen) atoms. The fraction of sp³-hybridized carbons (Fsp3) is 0.462. The van der Waals surface area contributed by atoms with Gasteiger partial charge in [0.2, 0.25) is 5.91 Å². The zero-order chi connectivity index (χ0) is 11.5. The maximum absolute atomic E-state index is 11.0. The third-order valence-electron chi connectivity index (χ3n) is 3.26. The molecule has 1 amide bonds. The number of amides is 1. The highest BCUT2D eigenvalue weighted by Gasteiger charge is 2.20. The predicted molar refractivity (Wildman–Crippen MR) is 64.0 cm³/mol. The topological polar surface area (TPSA) is 55.1 Å². The number of nitrogens with one attached hydrogen (secondary N) is 1. The van der Waals surface area contributed by atoms with Crippen LogP contribution in [0.2, 0.25) is 0 Å². The average Bonchev–Trinajstić information content (AvgIpc) is 2.28. The van der Waals surface area contributed by atoms with Gasteiger partial charge in [0.15, 0.2) is 0 Å². The largest absolute Gasteiger partial charge is 0.368 e. The van der Waals surface area contributed by atoms with Gasteiger partial charge in [0.05, 0.1) is 6.04 Å². The molecule has 0 radical (unpaired) electrons. The van der Waals surface area contributed by atoms with Crippen LogP contribution in [0.25, 0.3) is 0 Å². The second-order valence-corrected chi connectivity index (χ2v) is 4.50. The van der Waals surface area contributed by atoms with Gasteiger partial charge in [0.25, 0.3) is 0 Å². The van der Waals surface area contributed by atoms with Crippen molar-refractivity contribution in [3.63, 3.8) is 0 Å². The van der Waals surface area contributed by atoms with Gasteiger partial charge >= 0.3 is 0 Å². The predicted octanol–water partition coefficient (Wildman–Crippen LogP) is 1.01. The van der Waals surface area contributed by atoms with E-state index in [1.165, 1.54) is 11.1 Å². The van der Waals surface area contributed by atoms with Crippen molar-refractivity contribution < 1.29 is 4.79 Å². The molecule has 2 rings (SSSR count). The zero-order valence-electron chi connectivity index (χ0n) is 9.57. The summed E-state index contributed by atoms with van der Waals surface area (Å²) in [5.74, 6) is -0.279. The van der Waals surface area contributed by atoms with E-state index in [9.17, 15) is 4.79 Å². The third-order valence-corrected chi connectivity index (χ3v) is 3.26. The van der Waals surface area contributed by atoms with Crippen LogP contribution >= 0.6 is 0 Å². The summed E-state index contributed by atoms with van der Waals surface area (Å²) < 4.78 is 0. The van der Waals surface area contributed by atoms with E-state index in [1.807, 2.05) is 6.92 Å². The van der Waals surface area contributed by atoms with Crippen LogP contribution < -0.4 is 11.1 Å². The van der Waals surface area contributed by atoms with Gasteiger partial charge in [0.1, 0.15) is 0 Å². The first kappa shape index (κ1) is 11.1. The number of hydrogen-bond acceptors (Lipinski definition) is 2. The Labute approximate surface area is 96.0 Å². The molecule has 3 heteroatoms. The summed E-state index contributed by atoms with van der Waals surface area (Å²) in [4.78, 5) is 11.0. The summed E-state index contributed by atoms with van der Waals surface area (Å²) in [6, 6.07) is 8.63. The van der Waals surface area contributed by atoms with Crippen molar-refractivity contribution >= 4 is 5.91 Å². The number of aryl methyl sites for hydroxylation is 1. The van der Waals surface area contributed by atoms with Crippen molar-refractivity contribution in [2.75, 3.05) is 0 Å². The molecular formula is C13H18N2O. The lowest BCUT2D eigenvalue weighted by atomic mass is 9.88. The second kappa shape index (κ2) is 4.66. The molecule has 0 bridgehead atoms. The molecule has 0 aliphatic heterocycles. The summed E-state index contributed by atoms with van der Waals surface area (Å²) in [5, 5.41) is 3.28. The molecule has 2 atom stereocenters. The van der Waals surface area contributed by atoms with Gasteiger partial charge in [-0.25, -0.2) is 0 Å². The molecule has 2 unspecified atom stereocenters. The minimum atomic E-state index is -0.279. The minimum Gasteiger partial charge on any atom is -0.368 e. The van der Waals surface area contributed by atoms with E-state index in [-0.39, 0.29) is 11.9 Å². The molecule has 1 aromatic carbocycles. The second-order valence-electron chi connectivity index (χ2n) is 4.50. The van der Waals surface area contributed by atoms with Crippen molar-refractivity contribution in [1.82, 2.24) is 5.32 Å². The van der Waals surface area contributed by atoms with E-state index in [4.69, 9.17) is 5.73 Å². The SMILES string of the molecule is CC(NC1CCc2ccccc2C1)C(N)=O. The van der Waals surface area contributed by atoms with E-state index in [0.717, 1.165) is 19.3 Å². The van der Waals surface area contributed by atoms with Gasteiger partial charge in [-0.3, -0.25) is 4.79 Å². The molecule has 0 spiro atoms. The molecule has 0 aromatic heterocycles. The van der Waals surface area contributed by atoms with Crippen molar-refractivity contribution in [3.05, 3.63) is 35.4 Å². The van der Waals surface area contributed by atoms with Crippen molar-refractivity contribution in [2.45, 2.75) is 38.3 Å². The highest BCUT2D eigenvalue weighted by Crippen LogP contribution is 2.21. The molecule has 1 aliphatic rings. The van der Waals surface area contributed by atoms with E-state index in [2.05, 4.69) is 29.6 Å². The highest BCUT2D eigenvalue weighted by molar-refractivity contribution is 5.79. The molecule has 0 heterocycles. The Morgan fingerprint density at radius 1 is 1.44 bits per heavy atom. The summed E-state index contributed by atoms with van der Waals surface area (Å²) in [7, 11) is 0. The van der Waals surface area contributed by atoms with Crippen LogP contribution in [0.15, 0.2) is 24.3 Å². The van der Waals surface area contributed by atoms with Crippen molar-refractivity contribution in [2.24, 2.45) is 5.73 Å². The number of carbonyl (C=O) groups is 1. The number of hydrogen-bond donors (Lipinski definition) is 2. The van der Waals surface area contributed by atoms with Crippen molar-refractivity contribution in [3.8, 4) is 0 Å². The van der Waals surface area contributed by atoms with Crippen LogP contribution in [0, 0.1) is 0 Å². The lowest BCUT2D eigenvalue weighted by Crippen LogP contribution is -2.46. The Hall–Kier alpha value is -1.35. The third kappa shape index (κ3) is 2.42. The van der Waals surface area contributed by atoms with Crippen LogP contribution in [0.5, 0.6) is 0 Å². The Kier molecular flexibility index (Phi) is 3.25. The molecule has 0 saturated heterocycles. The lowest BCUT2D eigenvalue weighted by Gasteiger charge is -2.27. The smallest absolute Gasteiger partial charge is 0.234 e. The molecular weight excluding hydrogens is 200 g/mol. The Morgan fingerprint density at radius 3 is 2.81 bits per heavy atom. The van der Waals surface area contributed by atoms with Crippen LogP contribution in [0.3, 0.4) is 0 Å². The van der Waals surface area contributed by atoms with Crippen LogP contribution in [-0.2, 0) is 17.6 Å². The molecule has 1 aromatic rings. The number of fused-ring (bicyclic) bond motifs is 1.